The number of benzene rings is 1. The van der Waals surface area contributed by atoms with Crippen molar-refractivity contribution in [1.82, 2.24) is 29.3 Å². The molecule has 0 bridgehead atoms. The summed E-state index contributed by atoms with van der Waals surface area (Å²) in [6.45, 7) is 12.1. The molecular formula is C28H37F3N8O2Si. The molecule has 0 radical (unpaired) electrons. The van der Waals surface area contributed by atoms with E-state index in [9.17, 15) is 13.2 Å². The molecule has 14 heteroatoms. The Bertz CT molecular complexity index is 1560. The standard InChI is InChI=1S/C28H37F3N8O2Si/c1-18-16-40-12-11-37(18)23-15-21(34-27(35-23)39-22-10-8-7-9-20(22)33-26(39)32-3)24-19(2)38(36-25(24)28(29,30)31)17-41-13-14-42(4,5)6/h7-10,15,18H,11-14,16-17H2,1-6H3,(H,32,33)/t18-/m1/s1. The Hall–Kier alpha value is -3.49. The second-order valence-electron chi connectivity index (χ2n) is 11.7. The van der Waals surface area contributed by atoms with Crippen LogP contribution in [0.15, 0.2) is 30.3 Å². The maximum absolute atomic E-state index is 14.5. The molecule has 1 aliphatic rings. The summed E-state index contributed by atoms with van der Waals surface area (Å²) in [5.41, 5.74) is 0.741. The van der Waals surface area contributed by atoms with Crippen molar-refractivity contribution < 1.29 is 22.6 Å². The molecule has 0 unspecified atom stereocenters. The monoisotopic (exact) mass is 602 g/mol. The predicted molar refractivity (Wildman–Crippen MR) is 159 cm³/mol. The third-order valence-electron chi connectivity index (χ3n) is 7.29. The number of fused-ring (bicyclic) bond motifs is 1. The van der Waals surface area contributed by atoms with Gasteiger partial charge in [-0.1, -0.05) is 31.8 Å². The van der Waals surface area contributed by atoms with Crippen LogP contribution in [0, 0.1) is 6.92 Å². The molecule has 10 nitrogen and oxygen atoms in total. The van der Waals surface area contributed by atoms with Crippen LogP contribution in [-0.4, -0.2) is 76.8 Å². The lowest BCUT2D eigenvalue weighted by atomic mass is 10.1. The van der Waals surface area contributed by atoms with Crippen molar-refractivity contribution in [2.75, 3.05) is 43.6 Å². The lowest BCUT2D eigenvalue weighted by Crippen LogP contribution is -2.44. The average molecular weight is 603 g/mol. The molecular weight excluding hydrogens is 565 g/mol. The van der Waals surface area contributed by atoms with E-state index in [0.717, 1.165) is 11.6 Å². The molecule has 5 rings (SSSR count). The van der Waals surface area contributed by atoms with Gasteiger partial charge >= 0.3 is 6.18 Å². The van der Waals surface area contributed by atoms with Crippen LogP contribution >= 0.6 is 0 Å². The number of hydrogen-bond donors (Lipinski definition) is 1. The van der Waals surface area contributed by atoms with E-state index in [0.29, 0.717) is 49.3 Å². The molecule has 0 amide bonds. The molecule has 1 atom stereocenters. The number of rotatable bonds is 9. The average Bonchev–Trinajstić information content (AvgIpc) is 3.48. The van der Waals surface area contributed by atoms with E-state index in [1.807, 2.05) is 36.1 Å². The van der Waals surface area contributed by atoms with Gasteiger partial charge in [0, 0.05) is 40.0 Å². The van der Waals surface area contributed by atoms with Crippen LogP contribution in [0.1, 0.15) is 18.3 Å². The summed E-state index contributed by atoms with van der Waals surface area (Å²) in [4.78, 5) is 16.2. The number of para-hydroxylation sites is 2. The first-order chi connectivity index (χ1) is 19.9. The minimum absolute atomic E-state index is 0.0386. The van der Waals surface area contributed by atoms with Gasteiger partial charge in [0.2, 0.25) is 11.9 Å². The Morgan fingerprint density at radius 3 is 2.60 bits per heavy atom. The van der Waals surface area contributed by atoms with Crippen molar-refractivity contribution >= 4 is 30.9 Å². The Kier molecular flexibility index (Phi) is 8.32. The maximum atomic E-state index is 14.5. The Labute approximate surface area is 243 Å². The van der Waals surface area contributed by atoms with Gasteiger partial charge in [0.25, 0.3) is 0 Å². The number of nitrogens with one attached hydrogen (secondary N) is 1. The molecule has 3 aromatic heterocycles. The summed E-state index contributed by atoms with van der Waals surface area (Å²) in [5, 5.41) is 7.05. The minimum atomic E-state index is -4.71. The zero-order chi connectivity index (χ0) is 30.2. The number of imidazole rings is 1. The van der Waals surface area contributed by atoms with Crippen molar-refractivity contribution in [3.63, 3.8) is 0 Å². The van der Waals surface area contributed by atoms with Gasteiger partial charge in [-0.25, -0.2) is 19.2 Å². The fraction of sp³-hybridized carbons (Fsp3) is 0.500. The van der Waals surface area contributed by atoms with Gasteiger partial charge in [-0.05, 0) is 32.0 Å². The highest BCUT2D eigenvalue weighted by Gasteiger charge is 2.40. The minimum Gasteiger partial charge on any atom is -0.377 e. The van der Waals surface area contributed by atoms with Crippen molar-refractivity contribution in [2.45, 2.75) is 58.5 Å². The molecule has 1 N–H and O–H groups in total. The first-order valence-electron chi connectivity index (χ1n) is 14.0. The number of anilines is 2. The quantitative estimate of drug-likeness (QED) is 0.196. The van der Waals surface area contributed by atoms with E-state index in [-0.39, 0.29) is 30.0 Å². The molecule has 1 saturated heterocycles. The maximum Gasteiger partial charge on any atom is 0.435 e. The van der Waals surface area contributed by atoms with Gasteiger partial charge in [0.15, 0.2) is 5.69 Å². The summed E-state index contributed by atoms with van der Waals surface area (Å²) >= 11 is 0. The third kappa shape index (κ3) is 6.15. The first kappa shape index (κ1) is 30.0. The van der Waals surface area contributed by atoms with Gasteiger partial charge in [-0.3, -0.25) is 0 Å². The Balaban J connectivity index is 1.67. The second kappa shape index (κ2) is 11.6. The molecule has 0 spiro atoms. The molecule has 4 aromatic rings. The van der Waals surface area contributed by atoms with Crippen LogP contribution < -0.4 is 10.2 Å². The first-order valence-corrected chi connectivity index (χ1v) is 17.7. The molecule has 0 saturated carbocycles. The fourth-order valence-corrected chi connectivity index (χ4v) is 5.72. The van der Waals surface area contributed by atoms with Gasteiger partial charge in [-0.2, -0.15) is 23.3 Å². The van der Waals surface area contributed by atoms with Gasteiger partial charge < -0.3 is 19.7 Å². The van der Waals surface area contributed by atoms with Crippen LogP contribution in [0.3, 0.4) is 0 Å². The summed E-state index contributed by atoms with van der Waals surface area (Å²) in [5.74, 6) is 1.16. The molecule has 42 heavy (non-hydrogen) atoms. The zero-order valence-corrected chi connectivity index (χ0v) is 25.8. The van der Waals surface area contributed by atoms with Gasteiger partial charge in [-0.15, -0.1) is 0 Å². The van der Waals surface area contributed by atoms with E-state index in [1.54, 1.807) is 24.6 Å². The van der Waals surface area contributed by atoms with E-state index in [1.165, 1.54) is 4.68 Å². The number of halogens is 3. The lowest BCUT2D eigenvalue weighted by Gasteiger charge is -2.34. The van der Waals surface area contributed by atoms with Crippen LogP contribution in [0.5, 0.6) is 0 Å². The fourth-order valence-electron chi connectivity index (χ4n) is 4.97. The molecule has 0 aliphatic carbocycles. The number of aromatic nitrogens is 6. The SMILES string of the molecule is CNc1nc2ccccc2n1-c1nc(-c2c(C(F)(F)F)nn(COCC[Si](C)(C)C)c2C)cc(N2CCOC[C@H]2C)n1. The molecule has 1 aromatic carbocycles. The number of nitrogens with zero attached hydrogens (tertiary/aromatic N) is 7. The molecule has 1 aliphatic heterocycles. The van der Waals surface area contributed by atoms with Crippen molar-refractivity contribution in [1.29, 1.82) is 0 Å². The number of ether oxygens (including phenoxy) is 2. The van der Waals surface area contributed by atoms with E-state index in [4.69, 9.17) is 19.4 Å². The van der Waals surface area contributed by atoms with Crippen LogP contribution in [-0.2, 0) is 22.4 Å². The summed E-state index contributed by atoms with van der Waals surface area (Å²) in [7, 11) is 0.363. The molecule has 1 fully saturated rings. The normalized spacial score (nSPS) is 16.4. The Morgan fingerprint density at radius 2 is 1.90 bits per heavy atom. The summed E-state index contributed by atoms with van der Waals surface area (Å²) in [6.07, 6.45) is -4.71. The van der Waals surface area contributed by atoms with Crippen molar-refractivity contribution in [3.05, 3.63) is 41.7 Å². The highest BCUT2D eigenvalue weighted by atomic mass is 28.3. The topological polar surface area (TPSA) is 95.2 Å². The zero-order valence-electron chi connectivity index (χ0n) is 24.8. The van der Waals surface area contributed by atoms with Crippen molar-refractivity contribution in [3.8, 4) is 17.2 Å². The lowest BCUT2D eigenvalue weighted by molar-refractivity contribution is -0.141. The van der Waals surface area contributed by atoms with E-state index < -0.39 is 19.9 Å². The summed E-state index contributed by atoms with van der Waals surface area (Å²) in [6, 6.07) is 9.94. The predicted octanol–water partition coefficient (Wildman–Crippen LogP) is 5.59. The molecule has 4 heterocycles. The summed E-state index contributed by atoms with van der Waals surface area (Å²) < 4.78 is 57.8. The van der Waals surface area contributed by atoms with Gasteiger partial charge in [0.05, 0.1) is 41.5 Å². The number of alkyl halides is 3. The second-order valence-corrected chi connectivity index (χ2v) is 17.3. The molecule has 226 valence electrons. The van der Waals surface area contributed by atoms with Crippen LogP contribution in [0.25, 0.3) is 28.2 Å². The smallest absolute Gasteiger partial charge is 0.377 e. The van der Waals surface area contributed by atoms with E-state index >= 15 is 0 Å². The number of hydrogen-bond acceptors (Lipinski definition) is 8. The largest absolute Gasteiger partial charge is 0.435 e. The number of morpholine rings is 1. The van der Waals surface area contributed by atoms with Crippen LogP contribution in [0.2, 0.25) is 25.7 Å². The van der Waals surface area contributed by atoms with E-state index in [2.05, 4.69) is 35.0 Å². The van der Waals surface area contributed by atoms with Gasteiger partial charge in [0.1, 0.15) is 12.5 Å². The van der Waals surface area contributed by atoms with Crippen molar-refractivity contribution in [2.24, 2.45) is 0 Å². The Morgan fingerprint density at radius 1 is 1.14 bits per heavy atom. The highest BCUT2D eigenvalue weighted by Crippen LogP contribution is 2.39. The third-order valence-corrected chi connectivity index (χ3v) is 8.99. The van der Waals surface area contributed by atoms with Crippen LogP contribution in [0.4, 0.5) is 24.9 Å². The highest BCUT2D eigenvalue weighted by molar-refractivity contribution is 6.76.